The van der Waals surface area contributed by atoms with Crippen molar-refractivity contribution in [3.05, 3.63) is 5.51 Å². The Morgan fingerprint density at radius 2 is 1.97 bits per heavy atom. The molecule has 0 aromatic carbocycles. The van der Waals surface area contributed by atoms with Crippen molar-refractivity contribution in [2.45, 2.75) is 96.9 Å². The van der Waals surface area contributed by atoms with Crippen molar-refractivity contribution in [3.8, 4) is 0 Å². The second kappa shape index (κ2) is 9.09. The van der Waals surface area contributed by atoms with E-state index in [0.717, 1.165) is 51.4 Å². The Hall–Kier alpha value is -1.09. The van der Waals surface area contributed by atoms with E-state index in [1.807, 2.05) is 0 Å². The lowest BCUT2D eigenvalue weighted by Crippen LogP contribution is -2.62. The number of rotatable bonds is 5. The van der Waals surface area contributed by atoms with Crippen LogP contribution in [-0.4, -0.2) is 49.7 Å². The molecule has 0 radical (unpaired) electrons. The molecule has 0 saturated heterocycles. The number of amides is 1. The van der Waals surface area contributed by atoms with Crippen LogP contribution in [0.1, 0.15) is 78.6 Å². The number of aromatic nitrogens is 2. The van der Waals surface area contributed by atoms with E-state index >= 15 is 0 Å². The first-order valence-electron chi connectivity index (χ1n) is 13.2. The Balaban J connectivity index is 1.30. The normalized spacial score (nSPS) is 46.8. The standard InChI is InChI=1S/C26H41N3O4S/c1-14(4-7-22(33)28-24-29-27-13-34-24)17-5-6-18-23-19(12-21(32)26(17,18)3)25(2)9-8-16(30)10-15(25)11-20(23)31/h13-21,23,30-32H,4-12H2,1-3H3,(H,28,29,33)/t14-,15+,16-,17-,18+,19+,20-,21+,23+,25+,26-/m1/s1. The summed E-state index contributed by atoms with van der Waals surface area (Å²) >= 11 is 1.32. The molecular formula is C26H41N3O4S. The molecule has 190 valence electrons. The highest BCUT2D eigenvalue weighted by molar-refractivity contribution is 7.13. The van der Waals surface area contributed by atoms with E-state index in [9.17, 15) is 20.1 Å². The van der Waals surface area contributed by atoms with Crippen molar-refractivity contribution in [2.75, 3.05) is 5.32 Å². The zero-order valence-electron chi connectivity index (χ0n) is 20.7. The topological polar surface area (TPSA) is 116 Å². The first-order valence-corrected chi connectivity index (χ1v) is 14.1. The van der Waals surface area contributed by atoms with E-state index in [0.29, 0.717) is 41.1 Å². The van der Waals surface area contributed by atoms with Gasteiger partial charge in [0, 0.05) is 6.42 Å². The molecule has 1 heterocycles. The van der Waals surface area contributed by atoms with E-state index in [1.54, 1.807) is 5.51 Å². The summed E-state index contributed by atoms with van der Waals surface area (Å²) in [6.45, 7) is 6.86. The first-order chi connectivity index (χ1) is 16.1. The van der Waals surface area contributed by atoms with Gasteiger partial charge >= 0.3 is 0 Å². The summed E-state index contributed by atoms with van der Waals surface area (Å²) in [5.41, 5.74) is 1.47. The molecule has 5 rings (SSSR count). The second-order valence-corrected chi connectivity index (χ2v) is 13.2. The van der Waals surface area contributed by atoms with E-state index in [4.69, 9.17) is 0 Å². The number of carbonyl (C=O) groups excluding carboxylic acids is 1. The molecule has 1 aromatic rings. The molecule has 34 heavy (non-hydrogen) atoms. The van der Waals surface area contributed by atoms with Gasteiger partial charge in [0.25, 0.3) is 0 Å². The maximum atomic E-state index is 12.4. The molecule has 4 aliphatic rings. The van der Waals surface area contributed by atoms with Crippen LogP contribution in [0.15, 0.2) is 5.51 Å². The molecule has 4 saturated carbocycles. The molecule has 7 nitrogen and oxygen atoms in total. The Labute approximate surface area is 206 Å². The Bertz CT molecular complexity index is 883. The average molecular weight is 492 g/mol. The van der Waals surface area contributed by atoms with Crippen LogP contribution in [-0.2, 0) is 4.79 Å². The smallest absolute Gasteiger partial charge is 0.226 e. The lowest BCUT2D eigenvalue weighted by Gasteiger charge is -2.63. The van der Waals surface area contributed by atoms with Gasteiger partial charge in [0.2, 0.25) is 11.0 Å². The molecule has 1 aromatic heterocycles. The van der Waals surface area contributed by atoms with Crippen LogP contribution in [0, 0.1) is 46.3 Å². The Morgan fingerprint density at radius 3 is 2.71 bits per heavy atom. The molecule has 11 atom stereocenters. The summed E-state index contributed by atoms with van der Waals surface area (Å²) in [7, 11) is 0. The largest absolute Gasteiger partial charge is 0.393 e. The van der Waals surface area contributed by atoms with Crippen LogP contribution < -0.4 is 5.32 Å². The third-order valence-electron chi connectivity index (χ3n) is 11.0. The maximum absolute atomic E-state index is 12.4. The van der Waals surface area contributed by atoms with Gasteiger partial charge in [-0.25, -0.2) is 0 Å². The summed E-state index contributed by atoms with van der Waals surface area (Å²) in [6, 6.07) is 0. The predicted octanol–water partition coefficient (Wildman–Crippen LogP) is 3.85. The minimum Gasteiger partial charge on any atom is -0.393 e. The number of hydrogen-bond acceptors (Lipinski definition) is 7. The van der Waals surface area contributed by atoms with Crippen molar-refractivity contribution < 1.29 is 20.1 Å². The molecule has 1 amide bonds. The van der Waals surface area contributed by atoms with Gasteiger partial charge in [-0.3, -0.25) is 4.79 Å². The van der Waals surface area contributed by atoms with Gasteiger partial charge in [-0.15, -0.1) is 10.2 Å². The number of nitrogens with one attached hydrogen (secondary N) is 1. The van der Waals surface area contributed by atoms with E-state index in [1.165, 1.54) is 11.3 Å². The van der Waals surface area contributed by atoms with Crippen molar-refractivity contribution in [1.82, 2.24) is 10.2 Å². The zero-order valence-corrected chi connectivity index (χ0v) is 21.5. The molecule has 4 N–H and O–H groups in total. The van der Waals surface area contributed by atoms with Crippen LogP contribution in [0.25, 0.3) is 0 Å². The van der Waals surface area contributed by atoms with Gasteiger partial charge in [0.05, 0.1) is 18.3 Å². The highest BCUT2D eigenvalue weighted by Crippen LogP contribution is 2.68. The molecule has 0 spiro atoms. The lowest BCUT2D eigenvalue weighted by molar-refractivity contribution is -0.207. The third kappa shape index (κ3) is 3.93. The van der Waals surface area contributed by atoms with Gasteiger partial charge in [0.1, 0.15) is 5.51 Å². The fourth-order valence-electron chi connectivity index (χ4n) is 9.10. The summed E-state index contributed by atoms with van der Waals surface area (Å²) in [5.74, 6) is 1.81. The van der Waals surface area contributed by atoms with Gasteiger partial charge < -0.3 is 20.6 Å². The maximum Gasteiger partial charge on any atom is 0.226 e. The lowest BCUT2D eigenvalue weighted by atomic mass is 9.43. The van der Waals surface area contributed by atoms with Crippen LogP contribution >= 0.6 is 11.3 Å². The number of anilines is 1. The Kier molecular flexibility index (Phi) is 6.58. The van der Waals surface area contributed by atoms with Gasteiger partial charge in [-0.2, -0.15) is 0 Å². The number of hydrogen-bond donors (Lipinski definition) is 4. The zero-order chi connectivity index (χ0) is 24.3. The average Bonchev–Trinajstić information content (AvgIpc) is 3.42. The monoisotopic (exact) mass is 491 g/mol. The number of aliphatic hydroxyl groups is 3. The van der Waals surface area contributed by atoms with Crippen molar-refractivity contribution in [3.63, 3.8) is 0 Å². The minimum absolute atomic E-state index is 0.0336. The first kappa shape index (κ1) is 24.6. The molecular weight excluding hydrogens is 450 g/mol. The van der Waals surface area contributed by atoms with Crippen molar-refractivity contribution >= 4 is 22.4 Å². The van der Waals surface area contributed by atoms with Crippen molar-refractivity contribution in [1.29, 1.82) is 0 Å². The van der Waals surface area contributed by atoms with Crippen LogP contribution in [0.3, 0.4) is 0 Å². The van der Waals surface area contributed by atoms with E-state index in [2.05, 4.69) is 36.3 Å². The number of aliphatic hydroxyl groups excluding tert-OH is 3. The fraction of sp³-hybridized carbons (Fsp3) is 0.885. The fourth-order valence-corrected chi connectivity index (χ4v) is 9.56. The Morgan fingerprint density at radius 1 is 1.18 bits per heavy atom. The van der Waals surface area contributed by atoms with Crippen molar-refractivity contribution in [2.24, 2.45) is 46.3 Å². The molecule has 0 aliphatic heterocycles. The summed E-state index contributed by atoms with van der Waals surface area (Å²) in [5, 5.41) is 44.3. The molecule has 8 heteroatoms. The number of nitrogens with zero attached hydrogens (tertiary/aromatic N) is 2. The minimum atomic E-state index is -0.390. The SMILES string of the molecule is C[C@H](CCC(=O)Nc1nncs1)[C@H]1CC[C@H]2[C@@H]3[C@H](O)C[C@@H]4C[C@H](O)CC[C@]4(C)[C@H]3C[C@H](O)[C@]12C. The highest BCUT2D eigenvalue weighted by atomic mass is 32.1. The van der Waals surface area contributed by atoms with Crippen LogP contribution in [0.2, 0.25) is 0 Å². The number of fused-ring (bicyclic) bond motifs is 5. The summed E-state index contributed by atoms with van der Waals surface area (Å²) in [4.78, 5) is 12.4. The second-order valence-electron chi connectivity index (χ2n) is 12.3. The number of carbonyl (C=O) groups is 1. The molecule has 0 unspecified atom stereocenters. The van der Waals surface area contributed by atoms with Crippen LogP contribution in [0.5, 0.6) is 0 Å². The summed E-state index contributed by atoms with van der Waals surface area (Å²) < 4.78 is 0. The summed E-state index contributed by atoms with van der Waals surface area (Å²) in [6.07, 6.45) is 6.46. The van der Waals surface area contributed by atoms with Gasteiger partial charge in [-0.05, 0) is 97.7 Å². The quantitative estimate of drug-likeness (QED) is 0.497. The predicted molar refractivity (Wildman–Crippen MR) is 131 cm³/mol. The van der Waals surface area contributed by atoms with Gasteiger partial charge in [-0.1, -0.05) is 32.1 Å². The molecule has 4 fully saturated rings. The highest BCUT2D eigenvalue weighted by Gasteiger charge is 2.65. The van der Waals surface area contributed by atoms with Crippen LogP contribution in [0.4, 0.5) is 5.13 Å². The molecule has 4 aliphatic carbocycles. The van der Waals surface area contributed by atoms with E-state index < -0.39 is 6.10 Å². The molecule has 0 bridgehead atoms. The third-order valence-corrected chi connectivity index (χ3v) is 11.6. The van der Waals surface area contributed by atoms with Gasteiger partial charge in [0.15, 0.2) is 0 Å². The van der Waals surface area contributed by atoms with E-state index in [-0.39, 0.29) is 34.9 Å².